The molecule has 2 N–H and O–H groups in total. The third kappa shape index (κ3) is 2.90. The molecule has 0 saturated carbocycles. The number of benzene rings is 1. The summed E-state index contributed by atoms with van der Waals surface area (Å²) in [5.41, 5.74) is 0.175. The summed E-state index contributed by atoms with van der Waals surface area (Å²) in [6.45, 7) is 2.68. The highest BCUT2D eigenvalue weighted by Crippen LogP contribution is 2.15. The molecule has 0 bridgehead atoms. The van der Waals surface area contributed by atoms with Crippen molar-refractivity contribution in [1.29, 1.82) is 0 Å². The normalized spacial score (nSPS) is 20.8. The molecule has 1 aliphatic heterocycles. The zero-order chi connectivity index (χ0) is 11.4. The fourth-order valence-corrected chi connectivity index (χ4v) is 1.61. The molecule has 88 valence electrons. The van der Waals surface area contributed by atoms with Crippen molar-refractivity contribution in [3.63, 3.8) is 0 Å². The molecule has 0 spiro atoms. The lowest BCUT2D eigenvalue weighted by molar-refractivity contribution is 0.0372. The zero-order valence-electron chi connectivity index (χ0n) is 8.80. The molecule has 5 heteroatoms. The number of hydrogen-bond acceptors (Lipinski definition) is 3. The lowest BCUT2D eigenvalue weighted by atomic mass is 10.2. The highest BCUT2D eigenvalue weighted by atomic mass is 19.1. The van der Waals surface area contributed by atoms with Crippen LogP contribution in [0.1, 0.15) is 0 Å². The maximum atomic E-state index is 13.2. The third-order valence-electron chi connectivity index (χ3n) is 2.45. The Kier molecular flexibility index (Phi) is 3.69. The first-order valence-corrected chi connectivity index (χ1v) is 5.27. The molecular weight excluding hydrogens is 214 g/mol. The van der Waals surface area contributed by atoms with Crippen LogP contribution >= 0.6 is 0 Å². The zero-order valence-corrected chi connectivity index (χ0v) is 8.80. The molecule has 2 rings (SSSR count). The van der Waals surface area contributed by atoms with Gasteiger partial charge in [-0.2, -0.15) is 0 Å². The summed E-state index contributed by atoms with van der Waals surface area (Å²) in [5.74, 6) is -0.906. The first kappa shape index (κ1) is 11.3. The van der Waals surface area contributed by atoms with Crippen LogP contribution in [-0.4, -0.2) is 32.3 Å². The molecule has 1 fully saturated rings. The number of morpholine rings is 1. The van der Waals surface area contributed by atoms with E-state index < -0.39 is 11.6 Å². The van der Waals surface area contributed by atoms with Gasteiger partial charge in [0.2, 0.25) is 0 Å². The number of rotatable bonds is 3. The van der Waals surface area contributed by atoms with Crippen LogP contribution in [0.2, 0.25) is 0 Å². The van der Waals surface area contributed by atoms with E-state index in [1.165, 1.54) is 0 Å². The van der Waals surface area contributed by atoms with Crippen LogP contribution in [0, 0.1) is 11.6 Å². The summed E-state index contributed by atoms with van der Waals surface area (Å²) in [6, 6.07) is 3.35. The second-order valence-electron chi connectivity index (χ2n) is 3.70. The first-order chi connectivity index (χ1) is 7.75. The fraction of sp³-hybridized carbons (Fsp3) is 0.455. The minimum Gasteiger partial charge on any atom is -0.380 e. The minimum absolute atomic E-state index is 0.00332. The van der Waals surface area contributed by atoms with Gasteiger partial charge in [0.1, 0.15) is 11.6 Å². The van der Waals surface area contributed by atoms with Crippen molar-refractivity contribution in [2.45, 2.75) is 6.10 Å². The molecule has 16 heavy (non-hydrogen) atoms. The van der Waals surface area contributed by atoms with Gasteiger partial charge in [-0.15, -0.1) is 0 Å². The molecular formula is C11H14F2N2O. The Morgan fingerprint density at radius 3 is 3.06 bits per heavy atom. The molecule has 0 radical (unpaired) electrons. The standard InChI is InChI=1S/C11H14F2N2O/c12-8-1-2-10(13)11(5-8)15-7-9-6-14-3-4-16-9/h1-2,5,9,14-15H,3-4,6-7H2. The number of anilines is 1. The van der Waals surface area contributed by atoms with Crippen LogP contribution in [0.3, 0.4) is 0 Å². The van der Waals surface area contributed by atoms with Crippen molar-refractivity contribution in [1.82, 2.24) is 5.32 Å². The van der Waals surface area contributed by atoms with Gasteiger partial charge < -0.3 is 15.4 Å². The van der Waals surface area contributed by atoms with Crippen molar-refractivity contribution in [3.05, 3.63) is 29.8 Å². The monoisotopic (exact) mass is 228 g/mol. The Morgan fingerprint density at radius 2 is 2.31 bits per heavy atom. The van der Waals surface area contributed by atoms with E-state index in [9.17, 15) is 8.78 Å². The van der Waals surface area contributed by atoms with Crippen LogP contribution in [0.5, 0.6) is 0 Å². The topological polar surface area (TPSA) is 33.3 Å². The van der Waals surface area contributed by atoms with Gasteiger partial charge in [-0.1, -0.05) is 0 Å². The molecule has 0 aliphatic carbocycles. The molecule has 1 unspecified atom stereocenters. The quantitative estimate of drug-likeness (QED) is 0.819. The van der Waals surface area contributed by atoms with Crippen molar-refractivity contribution in [3.8, 4) is 0 Å². The second kappa shape index (κ2) is 5.23. The Balaban J connectivity index is 1.90. The van der Waals surface area contributed by atoms with Crippen LogP contribution < -0.4 is 10.6 Å². The van der Waals surface area contributed by atoms with E-state index in [-0.39, 0.29) is 11.8 Å². The van der Waals surface area contributed by atoms with Gasteiger partial charge in [-0.3, -0.25) is 0 Å². The summed E-state index contributed by atoms with van der Waals surface area (Å²) in [4.78, 5) is 0. The van der Waals surface area contributed by atoms with Gasteiger partial charge in [0.25, 0.3) is 0 Å². The van der Waals surface area contributed by atoms with Crippen molar-refractivity contribution >= 4 is 5.69 Å². The van der Waals surface area contributed by atoms with Crippen molar-refractivity contribution < 1.29 is 13.5 Å². The Hall–Kier alpha value is -1.20. The maximum Gasteiger partial charge on any atom is 0.146 e. The Bertz CT molecular complexity index is 354. The smallest absolute Gasteiger partial charge is 0.146 e. The Morgan fingerprint density at radius 1 is 1.44 bits per heavy atom. The molecule has 1 aromatic rings. The number of ether oxygens (including phenoxy) is 1. The molecule has 0 aromatic heterocycles. The summed E-state index contributed by atoms with van der Waals surface area (Å²) in [5, 5.41) is 6.01. The van der Waals surface area contributed by atoms with Gasteiger partial charge in [0.15, 0.2) is 0 Å². The lowest BCUT2D eigenvalue weighted by Gasteiger charge is -2.24. The van der Waals surface area contributed by atoms with Crippen LogP contribution in [-0.2, 0) is 4.74 Å². The summed E-state index contributed by atoms with van der Waals surface area (Å²) < 4.78 is 31.5. The van der Waals surface area contributed by atoms with Crippen molar-refractivity contribution in [2.75, 3.05) is 31.6 Å². The van der Waals surface area contributed by atoms with Crippen LogP contribution in [0.25, 0.3) is 0 Å². The van der Waals surface area contributed by atoms with E-state index >= 15 is 0 Å². The number of hydrogen-bond donors (Lipinski definition) is 2. The molecule has 3 nitrogen and oxygen atoms in total. The Labute approximate surface area is 92.8 Å². The summed E-state index contributed by atoms with van der Waals surface area (Å²) >= 11 is 0. The van der Waals surface area contributed by atoms with Gasteiger partial charge in [0, 0.05) is 19.6 Å². The molecule has 1 heterocycles. The van der Waals surface area contributed by atoms with Gasteiger partial charge in [0.05, 0.1) is 18.4 Å². The van der Waals surface area contributed by atoms with E-state index in [1.807, 2.05) is 0 Å². The summed E-state index contributed by atoms with van der Waals surface area (Å²) in [6.07, 6.45) is -0.00332. The van der Waals surface area contributed by atoms with Crippen molar-refractivity contribution in [2.24, 2.45) is 0 Å². The predicted octanol–water partition coefficient (Wildman–Crippen LogP) is 1.37. The highest BCUT2D eigenvalue weighted by Gasteiger charge is 2.13. The van der Waals surface area contributed by atoms with Gasteiger partial charge in [-0.25, -0.2) is 8.78 Å². The third-order valence-corrected chi connectivity index (χ3v) is 2.45. The van der Waals surface area contributed by atoms with Crippen LogP contribution in [0.15, 0.2) is 18.2 Å². The van der Waals surface area contributed by atoms with Gasteiger partial charge in [-0.05, 0) is 18.2 Å². The highest BCUT2D eigenvalue weighted by molar-refractivity contribution is 5.44. The average molecular weight is 228 g/mol. The lowest BCUT2D eigenvalue weighted by Crippen LogP contribution is -2.42. The summed E-state index contributed by atoms with van der Waals surface area (Å²) in [7, 11) is 0. The number of halogens is 2. The van der Waals surface area contributed by atoms with E-state index in [4.69, 9.17) is 4.74 Å². The molecule has 1 aliphatic rings. The fourth-order valence-electron chi connectivity index (χ4n) is 1.61. The average Bonchev–Trinajstić information content (AvgIpc) is 2.32. The van der Waals surface area contributed by atoms with E-state index in [2.05, 4.69) is 10.6 Å². The van der Waals surface area contributed by atoms with Crippen LogP contribution in [0.4, 0.5) is 14.5 Å². The molecule has 0 amide bonds. The number of nitrogens with one attached hydrogen (secondary N) is 2. The van der Waals surface area contributed by atoms with E-state index in [0.717, 1.165) is 31.3 Å². The SMILES string of the molecule is Fc1ccc(F)c(NCC2CNCCO2)c1. The second-order valence-corrected chi connectivity index (χ2v) is 3.70. The predicted molar refractivity (Wildman–Crippen MR) is 57.5 cm³/mol. The van der Waals surface area contributed by atoms with E-state index in [1.54, 1.807) is 0 Å². The minimum atomic E-state index is -0.454. The largest absolute Gasteiger partial charge is 0.380 e. The first-order valence-electron chi connectivity index (χ1n) is 5.27. The van der Waals surface area contributed by atoms with Gasteiger partial charge >= 0.3 is 0 Å². The molecule has 1 aromatic carbocycles. The van der Waals surface area contributed by atoms with E-state index in [0.29, 0.717) is 13.2 Å². The molecule has 1 saturated heterocycles. The molecule has 1 atom stereocenters. The maximum absolute atomic E-state index is 13.2.